The minimum Gasteiger partial charge on any atom is -0.454 e. The summed E-state index contributed by atoms with van der Waals surface area (Å²) in [5.74, 6) is 0.373. The predicted octanol–water partition coefficient (Wildman–Crippen LogP) is 1.22. The third kappa shape index (κ3) is 3.74. The lowest BCUT2D eigenvalue weighted by Crippen LogP contribution is -2.24. The summed E-state index contributed by atoms with van der Waals surface area (Å²) in [6.07, 6.45) is 0. The van der Waals surface area contributed by atoms with Crippen LogP contribution in [-0.4, -0.2) is 33.6 Å². The van der Waals surface area contributed by atoms with Gasteiger partial charge in [0.15, 0.2) is 23.0 Å². The van der Waals surface area contributed by atoms with Crippen molar-refractivity contribution in [2.45, 2.75) is 13.1 Å². The number of fused-ring (bicyclic) bond motifs is 1. The fourth-order valence-corrected chi connectivity index (χ4v) is 3.22. The lowest BCUT2D eigenvalue weighted by molar-refractivity contribution is -0.116. The van der Waals surface area contributed by atoms with Gasteiger partial charge in [-0.1, -0.05) is 11.3 Å². The van der Waals surface area contributed by atoms with Crippen LogP contribution in [0.5, 0.6) is 11.5 Å². The van der Waals surface area contributed by atoms with Crippen molar-refractivity contribution in [3.05, 3.63) is 46.3 Å². The Hall–Kier alpha value is -3.60. The van der Waals surface area contributed by atoms with Crippen LogP contribution in [0.2, 0.25) is 0 Å². The zero-order chi connectivity index (χ0) is 19.5. The van der Waals surface area contributed by atoms with Crippen molar-refractivity contribution in [2.75, 3.05) is 17.8 Å². The van der Waals surface area contributed by atoms with E-state index in [-0.39, 0.29) is 30.8 Å². The molecular weight excluding hydrogens is 384 g/mol. The molecule has 3 heterocycles. The van der Waals surface area contributed by atoms with Crippen LogP contribution in [0.3, 0.4) is 0 Å². The number of ether oxygens (including phenoxy) is 2. The van der Waals surface area contributed by atoms with Gasteiger partial charge in [0.1, 0.15) is 6.54 Å². The molecule has 0 saturated carbocycles. The average Bonchev–Trinajstić information content (AvgIpc) is 3.42. The van der Waals surface area contributed by atoms with E-state index in [1.54, 1.807) is 18.2 Å². The molecular formula is C17H16N6O4S. The summed E-state index contributed by atoms with van der Waals surface area (Å²) in [4.78, 5) is 25.5. The number of aromatic nitrogens is 3. The first-order valence-electron chi connectivity index (χ1n) is 8.29. The molecule has 1 aliphatic rings. The molecule has 4 N–H and O–H groups in total. The first-order chi connectivity index (χ1) is 13.6. The van der Waals surface area contributed by atoms with Gasteiger partial charge < -0.3 is 25.8 Å². The molecule has 10 nitrogen and oxygen atoms in total. The third-order valence-electron chi connectivity index (χ3n) is 3.94. The Labute approximate surface area is 163 Å². The van der Waals surface area contributed by atoms with Crippen molar-refractivity contribution in [2.24, 2.45) is 0 Å². The highest BCUT2D eigenvalue weighted by Crippen LogP contribution is 2.34. The lowest BCUT2D eigenvalue weighted by atomic mass is 10.3. The number of amides is 2. The van der Waals surface area contributed by atoms with Crippen LogP contribution in [0.15, 0.2) is 35.7 Å². The molecule has 0 atom stereocenters. The number of nitrogen functional groups attached to an aromatic ring is 1. The Morgan fingerprint density at radius 3 is 2.93 bits per heavy atom. The minimum atomic E-state index is -0.451. The number of nitrogens with two attached hydrogens (primary N) is 1. The van der Waals surface area contributed by atoms with Gasteiger partial charge >= 0.3 is 0 Å². The summed E-state index contributed by atoms with van der Waals surface area (Å²) in [6, 6.07) is 8.87. The SMILES string of the molecule is Nc1c(C(=O)NCc2cccs2)nnn1CC(=O)Nc1ccc2c(c1)OCO2. The molecule has 0 radical (unpaired) electrons. The zero-order valence-electron chi connectivity index (χ0n) is 14.5. The largest absolute Gasteiger partial charge is 0.454 e. The standard InChI is InChI=1S/C17H16N6O4S/c18-16-15(17(25)19-7-11-2-1-5-28-11)21-22-23(16)8-14(24)20-10-3-4-12-13(6-10)27-9-26-12/h1-6H,7-9,18H2,(H,19,25)(H,20,24). The van der Waals surface area contributed by atoms with Crippen molar-refractivity contribution in [3.63, 3.8) is 0 Å². The van der Waals surface area contributed by atoms with Crippen LogP contribution < -0.4 is 25.8 Å². The van der Waals surface area contributed by atoms with Crippen LogP contribution in [0.1, 0.15) is 15.4 Å². The monoisotopic (exact) mass is 400 g/mol. The Balaban J connectivity index is 1.37. The Bertz CT molecular complexity index is 1020. The maximum atomic E-state index is 12.3. The molecule has 1 aliphatic heterocycles. The Morgan fingerprint density at radius 2 is 2.11 bits per heavy atom. The molecule has 3 aromatic rings. The van der Waals surface area contributed by atoms with E-state index in [0.29, 0.717) is 23.7 Å². The zero-order valence-corrected chi connectivity index (χ0v) is 15.4. The molecule has 0 aliphatic carbocycles. The maximum absolute atomic E-state index is 12.3. The van der Waals surface area contributed by atoms with Gasteiger partial charge in [0.2, 0.25) is 12.7 Å². The summed E-state index contributed by atoms with van der Waals surface area (Å²) in [7, 11) is 0. The molecule has 0 fully saturated rings. The van der Waals surface area contributed by atoms with Crippen LogP contribution in [0.4, 0.5) is 11.5 Å². The van der Waals surface area contributed by atoms with Gasteiger partial charge in [0.25, 0.3) is 5.91 Å². The number of carbonyl (C=O) groups excluding carboxylic acids is 2. The van der Waals surface area contributed by atoms with Crippen LogP contribution >= 0.6 is 11.3 Å². The number of hydrogen-bond acceptors (Lipinski definition) is 8. The van der Waals surface area contributed by atoms with Crippen LogP contribution in [-0.2, 0) is 17.9 Å². The van der Waals surface area contributed by atoms with Crippen LogP contribution in [0, 0.1) is 0 Å². The second-order valence-corrected chi connectivity index (χ2v) is 6.89. The van der Waals surface area contributed by atoms with Crippen molar-refractivity contribution >= 4 is 34.7 Å². The second-order valence-electron chi connectivity index (χ2n) is 5.86. The molecule has 0 bridgehead atoms. The summed E-state index contributed by atoms with van der Waals surface area (Å²) in [5, 5.41) is 14.9. The summed E-state index contributed by atoms with van der Waals surface area (Å²) < 4.78 is 11.7. The van der Waals surface area contributed by atoms with Crippen molar-refractivity contribution < 1.29 is 19.1 Å². The van der Waals surface area contributed by atoms with Gasteiger partial charge in [-0.05, 0) is 23.6 Å². The summed E-state index contributed by atoms with van der Waals surface area (Å²) in [6.45, 7) is 0.332. The normalized spacial score (nSPS) is 12.0. The van der Waals surface area contributed by atoms with Gasteiger partial charge in [0.05, 0.1) is 6.54 Å². The number of benzene rings is 1. The van der Waals surface area contributed by atoms with E-state index in [1.165, 1.54) is 16.0 Å². The fraction of sp³-hybridized carbons (Fsp3) is 0.176. The topological polar surface area (TPSA) is 133 Å². The molecule has 28 heavy (non-hydrogen) atoms. The quantitative estimate of drug-likeness (QED) is 0.566. The van der Waals surface area contributed by atoms with Gasteiger partial charge in [0, 0.05) is 16.6 Å². The number of thiophene rings is 1. The molecule has 11 heteroatoms. The highest BCUT2D eigenvalue weighted by Gasteiger charge is 2.19. The van der Waals surface area contributed by atoms with E-state index in [2.05, 4.69) is 20.9 Å². The molecule has 0 saturated heterocycles. The minimum absolute atomic E-state index is 0.0181. The van der Waals surface area contributed by atoms with E-state index in [1.807, 2.05) is 17.5 Å². The number of nitrogens with one attached hydrogen (secondary N) is 2. The number of rotatable bonds is 6. The Morgan fingerprint density at radius 1 is 1.25 bits per heavy atom. The molecule has 2 aromatic heterocycles. The van der Waals surface area contributed by atoms with Crippen LogP contribution in [0.25, 0.3) is 0 Å². The first-order valence-corrected chi connectivity index (χ1v) is 9.17. The van der Waals surface area contributed by atoms with E-state index < -0.39 is 5.91 Å². The highest BCUT2D eigenvalue weighted by molar-refractivity contribution is 7.09. The van der Waals surface area contributed by atoms with Gasteiger partial charge in [-0.2, -0.15) is 0 Å². The molecule has 4 rings (SSSR count). The second kappa shape index (κ2) is 7.56. The number of anilines is 2. The summed E-state index contributed by atoms with van der Waals surface area (Å²) in [5.41, 5.74) is 6.45. The summed E-state index contributed by atoms with van der Waals surface area (Å²) >= 11 is 1.53. The van der Waals surface area contributed by atoms with E-state index in [0.717, 1.165) is 4.88 Å². The molecule has 2 amide bonds. The number of nitrogens with zero attached hydrogens (tertiary/aromatic N) is 3. The van der Waals surface area contributed by atoms with E-state index in [9.17, 15) is 9.59 Å². The fourth-order valence-electron chi connectivity index (χ4n) is 2.57. The van der Waals surface area contributed by atoms with Gasteiger partial charge in [-0.3, -0.25) is 9.59 Å². The Kier molecular flexibility index (Phi) is 4.81. The number of hydrogen-bond donors (Lipinski definition) is 3. The van der Waals surface area contributed by atoms with E-state index >= 15 is 0 Å². The van der Waals surface area contributed by atoms with Gasteiger partial charge in [-0.15, -0.1) is 16.4 Å². The lowest BCUT2D eigenvalue weighted by Gasteiger charge is -2.07. The van der Waals surface area contributed by atoms with E-state index in [4.69, 9.17) is 15.2 Å². The third-order valence-corrected chi connectivity index (χ3v) is 4.82. The highest BCUT2D eigenvalue weighted by atomic mass is 32.1. The van der Waals surface area contributed by atoms with Gasteiger partial charge in [-0.25, -0.2) is 4.68 Å². The first kappa shape index (κ1) is 17.8. The maximum Gasteiger partial charge on any atom is 0.276 e. The molecule has 1 aromatic carbocycles. The smallest absolute Gasteiger partial charge is 0.276 e. The number of carbonyl (C=O) groups is 2. The average molecular weight is 400 g/mol. The molecule has 0 spiro atoms. The van der Waals surface area contributed by atoms with Crippen molar-refractivity contribution in [1.82, 2.24) is 20.3 Å². The van der Waals surface area contributed by atoms with Crippen molar-refractivity contribution in [3.8, 4) is 11.5 Å². The molecule has 144 valence electrons. The molecule has 0 unspecified atom stereocenters. The van der Waals surface area contributed by atoms with Crippen molar-refractivity contribution in [1.29, 1.82) is 0 Å². The predicted molar refractivity (Wildman–Crippen MR) is 101 cm³/mol.